The minimum Gasteiger partial charge on any atom is -0.478 e. The highest BCUT2D eigenvalue weighted by Crippen LogP contribution is 2.20. The van der Waals surface area contributed by atoms with Gasteiger partial charge >= 0.3 is 5.97 Å². The van der Waals surface area contributed by atoms with Crippen molar-refractivity contribution in [3.63, 3.8) is 0 Å². The standard InChI is InChI=1S/C13H18N4O2S/c1-4-9-5-15-12(20-9)8(2)14-7-11-10(13(18)19)6-16-17(11)3/h5-6,8,14H,4,7H2,1-3H3,(H,18,19). The second kappa shape index (κ2) is 6.15. The average molecular weight is 294 g/mol. The molecule has 0 aromatic carbocycles. The molecular formula is C13H18N4O2S. The first-order valence-electron chi connectivity index (χ1n) is 6.45. The zero-order valence-electron chi connectivity index (χ0n) is 11.8. The Balaban J connectivity index is 2.05. The Kier molecular flexibility index (Phi) is 4.51. The molecule has 0 aliphatic rings. The third kappa shape index (κ3) is 3.05. The van der Waals surface area contributed by atoms with E-state index in [1.165, 1.54) is 11.1 Å². The molecule has 7 heteroatoms. The summed E-state index contributed by atoms with van der Waals surface area (Å²) in [5.74, 6) is -0.954. The number of nitrogens with one attached hydrogen (secondary N) is 1. The van der Waals surface area contributed by atoms with Gasteiger partial charge in [-0.05, 0) is 13.3 Å². The smallest absolute Gasteiger partial charge is 0.339 e. The van der Waals surface area contributed by atoms with Crippen molar-refractivity contribution >= 4 is 17.3 Å². The van der Waals surface area contributed by atoms with Gasteiger partial charge in [0.15, 0.2) is 0 Å². The van der Waals surface area contributed by atoms with Crippen molar-refractivity contribution in [2.24, 2.45) is 7.05 Å². The van der Waals surface area contributed by atoms with Crippen LogP contribution in [0.1, 0.15) is 45.8 Å². The van der Waals surface area contributed by atoms with E-state index in [1.54, 1.807) is 23.1 Å². The van der Waals surface area contributed by atoms with Gasteiger partial charge < -0.3 is 10.4 Å². The lowest BCUT2D eigenvalue weighted by Crippen LogP contribution is -2.21. The molecule has 0 fully saturated rings. The summed E-state index contributed by atoms with van der Waals surface area (Å²) in [5, 5.41) is 17.4. The molecule has 2 N–H and O–H groups in total. The first-order valence-corrected chi connectivity index (χ1v) is 7.26. The quantitative estimate of drug-likeness (QED) is 0.851. The summed E-state index contributed by atoms with van der Waals surface area (Å²) >= 11 is 1.68. The van der Waals surface area contributed by atoms with E-state index in [2.05, 4.69) is 22.3 Å². The van der Waals surface area contributed by atoms with Gasteiger partial charge in [0, 0.05) is 24.7 Å². The maximum Gasteiger partial charge on any atom is 0.339 e. The summed E-state index contributed by atoms with van der Waals surface area (Å²) in [5.41, 5.74) is 0.900. The Bertz CT molecular complexity index is 605. The molecule has 1 atom stereocenters. The van der Waals surface area contributed by atoms with E-state index >= 15 is 0 Å². The SMILES string of the molecule is CCc1cnc(C(C)NCc2c(C(=O)O)cnn2C)s1. The van der Waals surface area contributed by atoms with Crippen LogP contribution in [0.5, 0.6) is 0 Å². The van der Waals surface area contributed by atoms with Crippen LogP contribution in [0.3, 0.4) is 0 Å². The number of nitrogens with zero attached hydrogens (tertiary/aromatic N) is 3. The van der Waals surface area contributed by atoms with Crippen LogP contribution in [0, 0.1) is 0 Å². The number of thiazole rings is 1. The fraction of sp³-hybridized carbons (Fsp3) is 0.462. The van der Waals surface area contributed by atoms with Crippen LogP contribution in [0.25, 0.3) is 0 Å². The second-order valence-corrected chi connectivity index (χ2v) is 5.70. The Hall–Kier alpha value is -1.73. The Labute approximate surface area is 121 Å². The number of rotatable bonds is 6. The topological polar surface area (TPSA) is 80.0 Å². The highest BCUT2D eigenvalue weighted by molar-refractivity contribution is 7.11. The zero-order chi connectivity index (χ0) is 14.7. The van der Waals surface area contributed by atoms with Gasteiger partial charge in [0.1, 0.15) is 10.6 Å². The molecule has 0 saturated heterocycles. The van der Waals surface area contributed by atoms with Gasteiger partial charge in [-0.2, -0.15) is 5.10 Å². The second-order valence-electron chi connectivity index (χ2n) is 4.55. The summed E-state index contributed by atoms with van der Waals surface area (Å²) in [6, 6.07) is 0.0804. The van der Waals surface area contributed by atoms with E-state index < -0.39 is 5.97 Å². The van der Waals surface area contributed by atoms with Gasteiger partial charge in [0.05, 0.1) is 17.9 Å². The van der Waals surface area contributed by atoms with Crippen LogP contribution in [-0.2, 0) is 20.0 Å². The van der Waals surface area contributed by atoms with Crippen molar-refractivity contribution in [3.8, 4) is 0 Å². The molecule has 1 unspecified atom stereocenters. The molecular weight excluding hydrogens is 276 g/mol. The van der Waals surface area contributed by atoms with Crippen LogP contribution in [0.15, 0.2) is 12.4 Å². The van der Waals surface area contributed by atoms with E-state index in [0.717, 1.165) is 11.4 Å². The number of hydrogen-bond acceptors (Lipinski definition) is 5. The lowest BCUT2D eigenvalue weighted by Gasteiger charge is -2.11. The molecule has 20 heavy (non-hydrogen) atoms. The molecule has 0 spiro atoms. The normalized spacial score (nSPS) is 12.6. The number of carboxylic acid groups (broad SMARTS) is 1. The molecule has 2 rings (SSSR count). The first kappa shape index (κ1) is 14.7. The number of hydrogen-bond donors (Lipinski definition) is 2. The van der Waals surface area contributed by atoms with Crippen molar-refractivity contribution in [2.45, 2.75) is 32.9 Å². The maximum absolute atomic E-state index is 11.1. The third-order valence-electron chi connectivity index (χ3n) is 3.16. The van der Waals surface area contributed by atoms with Crippen LogP contribution in [-0.4, -0.2) is 25.8 Å². The molecule has 0 amide bonds. The van der Waals surface area contributed by atoms with Crippen LogP contribution >= 0.6 is 11.3 Å². The Morgan fingerprint density at radius 1 is 1.55 bits per heavy atom. The van der Waals surface area contributed by atoms with Gasteiger partial charge in [-0.15, -0.1) is 11.3 Å². The van der Waals surface area contributed by atoms with E-state index in [9.17, 15) is 4.79 Å². The monoisotopic (exact) mass is 294 g/mol. The van der Waals surface area contributed by atoms with E-state index in [4.69, 9.17) is 5.11 Å². The van der Waals surface area contributed by atoms with E-state index in [-0.39, 0.29) is 11.6 Å². The highest BCUT2D eigenvalue weighted by atomic mass is 32.1. The summed E-state index contributed by atoms with van der Waals surface area (Å²) < 4.78 is 1.59. The third-order valence-corrected chi connectivity index (χ3v) is 4.48. The van der Waals surface area contributed by atoms with Crippen molar-refractivity contribution in [1.82, 2.24) is 20.1 Å². The minimum atomic E-state index is -0.954. The molecule has 0 saturated carbocycles. The molecule has 0 aliphatic heterocycles. The highest BCUT2D eigenvalue weighted by Gasteiger charge is 2.16. The van der Waals surface area contributed by atoms with Gasteiger partial charge in [-0.3, -0.25) is 4.68 Å². The fourth-order valence-corrected chi connectivity index (χ4v) is 2.76. The number of carbonyl (C=O) groups is 1. The lowest BCUT2D eigenvalue weighted by molar-refractivity contribution is 0.0695. The van der Waals surface area contributed by atoms with Gasteiger partial charge in [-0.25, -0.2) is 9.78 Å². The van der Waals surface area contributed by atoms with Gasteiger partial charge in [0.25, 0.3) is 0 Å². The molecule has 6 nitrogen and oxygen atoms in total. The lowest BCUT2D eigenvalue weighted by atomic mass is 10.2. The number of aromatic carboxylic acids is 1. The molecule has 2 aromatic heterocycles. The first-order chi connectivity index (χ1) is 9.52. The van der Waals surface area contributed by atoms with Gasteiger partial charge in [-0.1, -0.05) is 6.92 Å². The Morgan fingerprint density at radius 3 is 2.90 bits per heavy atom. The van der Waals surface area contributed by atoms with E-state index in [0.29, 0.717) is 12.2 Å². The molecule has 108 valence electrons. The molecule has 0 bridgehead atoms. The minimum absolute atomic E-state index is 0.0804. The number of carboxylic acids is 1. The summed E-state index contributed by atoms with van der Waals surface area (Å²) in [6.07, 6.45) is 4.25. The van der Waals surface area contributed by atoms with Crippen LogP contribution in [0.4, 0.5) is 0 Å². The van der Waals surface area contributed by atoms with Crippen LogP contribution < -0.4 is 5.32 Å². The predicted octanol–water partition coefficient (Wildman–Crippen LogP) is 1.99. The van der Waals surface area contributed by atoms with Crippen molar-refractivity contribution < 1.29 is 9.90 Å². The largest absolute Gasteiger partial charge is 0.478 e. The van der Waals surface area contributed by atoms with Crippen molar-refractivity contribution in [2.75, 3.05) is 0 Å². The van der Waals surface area contributed by atoms with Crippen LogP contribution in [0.2, 0.25) is 0 Å². The zero-order valence-corrected chi connectivity index (χ0v) is 12.6. The molecule has 2 aromatic rings. The molecule has 0 radical (unpaired) electrons. The fourth-order valence-electron chi connectivity index (χ4n) is 1.87. The molecule has 0 aliphatic carbocycles. The Morgan fingerprint density at radius 2 is 2.30 bits per heavy atom. The van der Waals surface area contributed by atoms with Crippen molar-refractivity contribution in [3.05, 3.63) is 33.5 Å². The predicted molar refractivity (Wildman–Crippen MR) is 76.9 cm³/mol. The maximum atomic E-state index is 11.1. The summed E-state index contributed by atoms with van der Waals surface area (Å²) in [4.78, 5) is 16.7. The summed E-state index contributed by atoms with van der Waals surface area (Å²) in [6.45, 7) is 4.57. The van der Waals surface area contributed by atoms with Crippen molar-refractivity contribution in [1.29, 1.82) is 0 Å². The van der Waals surface area contributed by atoms with E-state index in [1.807, 2.05) is 13.1 Å². The molecule has 2 heterocycles. The number of aromatic nitrogens is 3. The van der Waals surface area contributed by atoms with Gasteiger partial charge in [0.2, 0.25) is 0 Å². The average Bonchev–Trinajstić information content (AvgIpc) is 3.02. The summed E-state index contributed by atoms with van der Waals surface area (Å²) in [7, 11) is 1.74. The number of aryl methyl sites for hydroxylation is 2.